The molecule has 3 nitrogen and oxygen atoms in total. The van der Waals surface area contributed by atoms with Crippen molar-refractivity contribution in [2.24, 2.45) is 0 Å². The van der Waals surface area contributed by atoms with Crippen molar-refractivity contribution >= 4 is 5.91 Å². The van der Waals surface area contributed by atoms with Crippen LogP contribution >= 0.6 is 0 Å². The van der Waals surface area contributed by atoms with Crippen molar-refractivity contribution in [3.63, 3.8) is 0 Å². The predicted octanol–water partition coefficient (Wildman–Crippen LogP) is 2.20. The van der Waals surface area contributed by atoms with Crippen LogP contribution in [0, 0.1) is 6.92 Å². The summed E-state index contributed by atoms with van der Waals surface area (Å²) in [7, 11) is 0. The van der Waals surface area contributed by atoms with Crippen molar-refractivity contribution in [3.05, 3.63) is 35.4 Å². The zero-order chi connectivity index (χ0) is 13.6. The Hall–Kier alpha value is -1.35. The monoisotopic (exact) mass is 249 g/mol. The lowest BCUT2D eigenvalue weighted by Crippen LogP contribution is -2.46. The lowest BCUT2D eigenvalue weighted by Gasteiger charge is -2.29. The number of hydrogen-bond donors (Lipinski definition) is 2. The molecule has 0 saturated heterocycles. The van der Waals surface area contributed by atoms with Gasteiger partial charge in [0.2, 0.25) is 5.91 Å². The van der Waals surface area contributed by atoms with Crippen LogP contribution in [0.15, 0.2) is 24.3 Å². The average molecular weight is 249 g/mol. The van der Waals surface area contributed by atoms with Gasteiger partial charge in [0.1, 0.15) is 0 Å². The van der Waals surface area contributed by atoms with Crippen molar-refractivity contribution in [1.29, 1.82) is 0 Å². The van der Waals surface area contributed by atoms with E-state index in [9.17, 15) is 4.79 Å². The molecule has 0 spiro atoms. The minimum Gasteiger partial charge on any atom is -0.396 e. The molecule has 1 unspecified atom stereocenters. The molecule has 0 heterocycles. The number of amides is 1. The van der Waals surface area contributed by atoms with Gasteiger partial charge in [-0.05, 0) is 32.3 Å². The fourth-order valence-corrected chi connectivity index (χ4v) is 1.96. The van der Waals surface area contributed by atoms with Crippen LogP contribution in [-0.4, -0.2) is 23.2 Å². The summed E-state index contributed by atoms with van der Waals surface area (Å²) in [6.07, 6.45) is 1.79. The molecular weight excluding hydrogens is 226 g/mol. The van der Waals surface area contributed by atoms with Gasteiger partial charge in [0, 0.05) is 12.1 Å². The number of hydrogen-bond acceptors (Lipinski definition) is 2. The van der Waals surface area contributed by atoms with E-state index in [2.05, 4.69) is 5.32 Å². The van der Waals surface area contributed by atoms with Gasteiger partial charge in [-0.3, -0.25) is 4.79 Å². The van der Waals surface area contributed by atoms with E-state index < -0.39 is 0 Å². The van der Waals surface area contributed by atoms with E-state index in [0.717, 1.165) is 17.5 Å². The second-order valence-electron chi connectivity index (χ2n) is 5.10. The SMILES string of the molecule is CCC(C)(CCO)NC(=O)Cc1cccc(C)c1. The highest BCUT2D eigenvalue weighted by Crippen LogP contribution is 2.14. The minimum atomic E-state index is -0.310. The molecule has 1 aromatic carbocycles. The molecule has 1 amide bonds. The topological polar surface area (TPSA) is 49.3 Å². The molecular formula is C15H23NO2. The molecule has 100 valence electrons. The van der Waals surface area contributed by atoms with E-state index in [1.54, 1.807) is 0 Å². The highest BCUT2D eigenvalue weighted by atomic mass is 16.3. The number of carbonyl (C=O) groups excluding carboxylic acids is 1. The Kier molecular flexibility index (Phi) is 5.35. The van der Waals surface area contributed by atoms with Gasteiger partial charge in [-0.25, -0.2) is 0 Å². The number of carbonyl (C=O) groups is 1. The third-order valence-electron chi connectivity index (χ3n) is 3.33. The number of aliphatic hydroxyl groups is 1. The zero-order valence-corrected chi connectivity index (χ0v) is 11.5. The third-order valence-corrected chi connectivity index (χ3v) is 3.33. The second-order valence-corrected chi connectivity index (χ2v) is 5.10. The van der Waals surface area contributed by atoms with Gasteiger partial charge in [-0.1, -0.05) is 36.8 Å². The van der Waals surface area contributed by atoms with Crippen LogP contribution in [0.1, 0.15) is 37.8 Å². The van der Waals surface area contributed by atoms with Crippen LogP contribution in [-0.2, 0) is 11.2 Å². The molecule has 0 saturated carbocycles. The summed E-state index contributed by atoms with van der Waals surface area (Å²) < 4.78 is 0. The maximum absolute atomic E-state index is 12.0. The van der Waals surface area contributed by atoms with Crippen LogP contribution in [0.3, 0.4) is 0 Å². The highest BCUT2D eigenvalue weighted by Gasteiger charge is 2.23. The third kappa shape index (κ3) is 4.49. The molecule has 0 aliphatic heterocycles. The first-order chi connectivity index (χ1) is 8.49. The Bertz CT molecular complexity index is 403. The molecule has 0 aliphatic carbocycles. The fraction of sp³-hybridized carbons (Fsp3) is 0.533. The maximum atomic E-state index is 12.0. The van der Waals surface area contributed by atoms with Gasteiger partial charge in [-0.15, -0.1) is 0 Å². The molecule has 1 rings (SSSR count). The van der Waals surface area contributed by atoms with Crippen molar-refractivity contribution in [3.8, 4) is 0 Å². The second kappa shape index (κ2) is 6.55. The van der Waals surface area contributed by atoms with Crippen LogP contribution in [0.2, 0.25) is 0 Å². The normalized spacial score (nSPS) is 14.0. The van der Waals surface area contributed by atoms with Crippen molar-refractivity contribution < 1.29 is 9.90 Å². The maximum Gasteiger partial charge on any atom is 0.224 e. The first-order valence-electron chi connectivity index (χ1n) is 6.46. The Morgan fingerprint density at radius 1 is 1.44 bits per heavy atom. The summed E-state index contributed by atoms with van der Waals surface area (Å²) in [6.45, 7) is 6.10. The number of nitrogens with one attached hydrogen (secondary N) is 1. The largest absolute Gasteiger partial charge is 0.396 e. The van der Waals surface area contributed by atoms with Gasteiger partial charge < -0.3 is 10.4 Å². The lowest BCUT2D eigenvalue weighted by atomic mass is 9.94. The summed E-state index contributed by atoms with van der Waals surface area (Å²) in [5, 5.41) is 12.0. The molecule has 1 aromatic rings. The standard InChI is InChI=1S/C15H23NO2/c1-4-15(3,8-9-17)16-14(18)11-13-7-5-6-12(2)10-13/h5-7,10,17H,4,8-9,11H2,1-3H3,(H,16,18). The Morgan fingerprint density at radius 3 is 2.72 bits per heavy atom. The number of rotatable bonds is 6. The Morgan fingerprint density at radius 2 is 2.17 bits per heavy atom. The van der Waals surface area contributed by atoms with Crippen LogP contribution in [0.5, 0.6) is 0 Å². The number of aliphatic hydroxyl groups excluding tert-OH is 1. The Labute approximate surface area is 109 Å². The van der Waals surface area contributed by atoms with E-state index in [-0.39, 0.29) is 18.1 Å². The zero-order valence-electron chi connectivity index (χ0n) is 11.5. The molecule has 18 heavy (non-hydrogen) atoms. The molecule has 0 fully saturated rings. The molecule has 2 N–H and O–H groups in total. The van der Waals surface area contributed by atoms with E-state index in [4.69, 9.17) is 5.11 Å². The summed E-state index contributed by atoms with van der Waals surface area (Å²) in [4.78, 5) is 12.0. The summed E-state index contributed by atoms with van der Waals surface area (Å²) in [5.74, 6) is 0.0124. The average Bonchev–Trinajstić information content (AvgIpc) is 2.29. The van der Waals surface area contributed by atoms with E-state index >= 15 is 0 Å². The summed E-state index contributed by atoms with van der Waals surface area (Å²) in [5.41, 5.74) is 1.87. The summed E-state index contributed by atoms with van der Waals surface area (Å²) in [6, 6.07) is 7.96. The van der Waals surface area contributed by atoms with Gasteiger partial charge >= 0.3 is 0 Å². The highest BCUT2D eigenvalue weighted by molar-refractivity contribution is 5.79. The smallest absolute Gasteiger partial charge is 0.224 e. The first-order valence-corrected chi connectivity index (χ1v) is 6.46. The molecule has 0 radical (unpaired) electrons. The van der Waals surface area contributed by atoms with Crippen LogP contribution < -0.4 is 5.32 Å². The number of aryl methyl sites for hydroxylation is 1. The van der Waals surface area contributed by atoms with Gasteiger partial charge in [-0.2, -0.15) is 0 Å². The number of benzene rings is 1. The fourth-order valence-electron chi connectivity index (χ4n) is 1.96. The minimum absolute atomic E-state index is 0.0124. The van der Waals surface area contributed by atoms with E-state index in [1.807, 2.05) is 45.0 Å². The van der Waals surface area contributed by atoms with Crippen molar-refractivity contribution in [2.45, 2.75) is 45.6 Å². The van der Waals surface area contributed by atoms with Crippen molar-refractivity contribution in [2.75, 3.05) is 6.61 Å². The molecule has 1 atom stereocenters. The first kappa shape index (κ1) is 14.7. The molecule has 0 bridgehead atoms. The van der Waals surface area contributed by atoms with Crippen molar-refractivity contribution in [1.82, 2.24) is 5.32 Å². The van der Waals surface area contributed by atoms with E-state index in [1.165, 1.54) is 0 Å². The Balaban J connectivity index is 2.61. The predicted molar refractivity (Wildman–Crippen MR) is 73.4 cm³/mol. The molecule has 0 aliphatic rings. The van der Waals surface area contributed by atoms with Crippen LogP contribution in [0.4, 0.5) is 0 Å². The van der Waals surface area contributed by atoms with Gasteiger partial charge in [0.05, 0.1) is 6.42 Å². The van der Waals surface area contributed by atoms with Gasteiger partial charge in [0.15, 0.2) is 0 Å². The van der Waals surface area contributed by atoms with E-state index in [0.29, 0.717) is 12.8 Å². The summed E-state index contributed by atoms with van der Waals surface area (Å²) >= 11 is 0. The quantitative estimate of drug-likeness (QED) is 0.812. The molecule has 0 aromatic heterocycles. The lowest BCUT2D eigenvalue weighted by molar-refractivity contribution is -0.122. The van der Waals surface area contributed by atoms with Crippen LogP contribution in [0.25, 0.3) is 0 Å². The van der Waals surface area contributed by atoms with Gasteiger partial charge in [0.25, 0.3) is 0 Å². The molecule has 3 heteroatoms.